The standard InChI is InChI=1S/C17H25NO6S/c1-6-22-13(19)17(14(20)23-7-2,10-12-8-9-25-11-12)18-15(21)24-16(3,4)5/h8-9,11H,6-7,10H2,1-5H3,(H,18,21). The first-order chi connectivity index (χ1) is 11.6. The number of thiophene rings is 1. The number of hydrogen-bond acceptors (Lipinski definition) is 7. The molecule has 7 nitrogen and oxygen atoms in total. The SMILES string of the molecule is CCOC(=O)C(Cc1ccsc1)(NC(=O)OC(C)(C)C)C(=O)OCC. The van der Waals surface area contributed by atoms with E-state index in [2.05, 4.69) is 5.32 Å². The van der Waals surface area contributed by atoms with Crippen LogP contribution in [-0.2, 0) is 30.2 Å². The number of rotatable bonds is 7. The van der Waals surface area contributed by atoms with Gasteiger partial charge in [-0.3, -0.25) is 5.32 Å². The third-order valence-corrected chi connectivity index (χ3v) is 3.74. The summed E-state index contributed by atoms with van der Waals surface area (Å²) in [7, 11) is 0. The molecule has 0 aromatic carbocycles. The summed E-state index contributed by atoms with van der Waals surface area (Å²) in [5.74, 6) is -1.77. The Morgan fingerprint density at radius 2 is 1.64 bits per heavy atom. The molecule has 1 heterocycles. The third-order valence-electron chi connectivity index (χ3n) is 3.01. The van der Waals surface area contributed by atoms with Gasteiger partial charge in [-0.1, -0.05) is 0 Å². The summed E-state index contributed by atoms with van der Waals surface area (Å²) in [6.45, 7) is 8.39. The molecule has 0 aliphatic carbocycles. The van der Waals surface area contributed by atoms with Crippen LogP contribution in [0.15, 0.2) is 16.8 Å². The first-order valence-corrected chi connectivity index (χ1v) is 8.95. The summed E-state index contributed by atoms with van der Waals surface area (Å²) in [5.41, 5.74) is -2.10. The fraction of sp³-hybridized carbons (Fsp3) is 0.588. The monoisotopic (exact) mass is 371 g/mol. The van der Waals surface area contributed by atoms with Gasteiger partial charge in [0.05, 0.1) is 13.2 Å². The van der Waals surface area contributed by atoms with E-state index >= 15 is 0 Å². The average molecular weight is 371 g/mol. The summed E-state index contributed by atoms with van der Waals surface area (Å²) >= 11 is 1.41. The maximum atomic E-state index is 12.6. The van der Waals surface area contributed by atoms with Gasteiger partial charge < -0.3 is 14.2 Å². The summed E-state index contributed by atoms with van der Waals surface area (Å²) in [4.78, 5) is 37.5. The Morgan fingerprint density at radius 1 is 1.08 bits per heavy atom. The number of nitrogens with one attached hydrogen (secondary N) is 1. The highest BCUT2D eigenvalue weighted by molar-refractivity contribution is 7.07. The number of amides is 1. The van der Waals surface area contributed by atoms with Crippen molar-refractivity contribution in [3.63, 3.8) is 0 Å². The van der Waals surface area contributed by atoms with Crippen LogP contribution in [0.5, 0.6) is 0 Å². The molecule has 1 rings (SSSR count). The average Bonchev–Trinajstić information content (AvgIpc) is 2.97. The minimum atomic E-state index is -2.00. The lowest BCUT2D eigenvalue weighted by Crippen LogP contribution is -2.63. The second kappa shape index (κ2) is 8.84. The van der Waals surface area contributed by atoms with Gasteiger partial charge in [-0.25, -0.2) is 14.4 Å². The molecule has 0 aliphatic rings. The zero-order chi connectivity index (χ0) is 19.1. The van der Waals surface area contributed by atoms with E-state index in [1.54, 1.807) is 46.1 Å². The summed E-state index contributed by atoms with van der Waals surface area (Å²) in [6, 6.07) is 1.76. The molecule has 1 aromatic rings. The Morgan fingerprint density at radius 3 is 2.04 bits per heavy atom. The number of carbonyl (C=O) groups excluding carboxylic acids is 3. The Balaban J connectivity index is 3.24. The normalized spacial score (nSPS) is 11.6. The molecule has 0 fully saturated rings. The molecular weight excluding hydrogens is 346 g/mol. The molecule has 0 saturated heterocycles. The lowest BCUT2D eigenvalue weighted by atomic mass is 9.92. The van der Waals surface area contributed by atoms with Crippen LogP contribution < -0.4 is 5.32 Å². The van der Waals surface area contributed by atoms with E-state index < -0.39 is 29.2 Å². The molecule has 1 aromatic heterocycles. The van der Waals surface area contributed by atoms with Crippen molar-refractivity contribution >= 4 is 29.4 Å². The molecule has 0 spiro atoms. The van der Waals surface area contributed by atoms with Crippen LogP contribution in [0.25, 0.3) is 0 Å². The summed E-state index contributed by atoms with van der Waals surface area (Å²) in [5, 5.41) is 5.98. The number of carbonyl (C=O) groups is 3. The first kappa shape index (κ1) is 21.0. The van der Waals surface area contributed by atoms with Crippen LogP contribution in [0.2, 0.25) is 0 Å². The fourth-order valence-corrected chi connectivity index (χ4v) is 2.73. The molecule has 0 radical (unpaired) electrons. The summed E-state index contributed by atoms with van der Waals surface area (Å²) in [6.07, 6.45) is -0.989. The Hall–Kier alpha value is -2.09. The van der Waals surface area contributed by atoms with Gasteiger partial charge in [0, 0.05) is 6.42 Å². The van der Waals surface area contributed by atoms with Gasteiger partial charge in [0.2, 0.25) is 5.54 Å². The van der Waals surface area contributed by atoms with E-state index in [0.29, 0.717) is 5.56 Å². The second-order valence-corrected chi connectivity index (χ2v) is 7.06. The van der Waals surface area contributed by atoms with Gasteiger partial charge in [0.1, 0.15) is 5.60 Å². The molecule has 140 valence electrons. The Bertz CT molecular complexity index is 573. The lowest BCUT2D eigenvalue weighted by molar-refractivity contribution is -0.166. The minimum absolute atomic E-state index is 0.0552. The highest BCUT2D eigenvalue weighted by atomic mass is 32.1. The smallest absolute Gasteiger partial charge is 0.409 e. The van der Waals surface area contributed by atoms with Crippen molar-refractivity contribution in [3.05, 3.63) is 22.4 Å². The highest BCUT2D eigenvalue weighted by Crippen LogP contribution is 2.21. The predicted octanol–water partition coefficient (Wildman–Crippen LogP) is 2.68. The van der Waals surface area contributed by atoms with E-state index in [4.69, 9.17) is 14.2 Å². The van der Waals surface area contributed by atoms with Crippen LogP contribution in [0.4, 0.5) is 4.79 Å². The number of ether oxygens (including phenoxy) is 3. The minimum Gasteiger partial charge on any atom is -0.464 e. The molecule has 8 heteroatoms. The molecule has 25 heavy (non-hydrogen) atoms. The first-order valence-electron chi connectivity index (χ1n) is 8.01. The molecule has 0 atom stereocenters. The van der Waals surface area contributed by atoms with E-state index in [-0.39, 0.29) is 19.6 Å². The van der Waals surface area contributed by atoms with E-state index in [9.17, 15) is 14.4 Å². The second-order valence-electron chi connectivity index (χ2n) is 6.28. The number of esters is 2. The van der Waals surface area contributed by atoms with Gasteiger partial charge in [-0.2, -0.15) is 11.3 Å². The van der Waals surface area contributed by atoms with Crippen molar-refractivity contribution in [3.8, 4) is 0 Å². The van der Waals surface area contributed by atoms with Crippen LogP contribution in [0.3, 0.4) is 0 Å². The number of hydrogen-bond donors (Lipinski definition) is 1. The van der Waals surface area contributed by atoms with E-state index in [1.165, 1.54) is 11.3 Å². The van der Waals surface area contributed by atoms with Crippen LogP contribution in [0, 0.1) is 0 Å². The van der Waals surface area contributed by atoms with E-state index in [0.717, 1.165) is 0 Å². The molecule has 0 saturated carbocycles. The molecule has 0 aliphatic heterocycles. The van der Waals surface area contributed by atoms with Crippen molar-refractivity contribution in [2.75, 3.05) is 13.2 Å². The Kier molecular flexibility index (Phi) is 7.41. The van der Waals surface area contributed by atoms with Gasteiger partial charge in [0.15, 0.2) is 0 Å². The highest BCUT2D eigenvalue weighted by Gasteiger charge is 2.51. The molecule has 1 amide bonds. The molecule has 0 bridgehead atoms. The predicted molar refractivity (Wildman–Crippen MR) is 93.4 cm³/mol. The molecule has 1 N–H and O–H groups in total. The maximum absolute atomic E-state index is 12.6. The van der Waals surface area contributed by atoms with Crippen molar-refractivity contribution in [1.29, 1.82) is 0 Å². The lowest BCUT2D eigenvalue weighted by Gasteiger charge is -2.31. The van der Waals surface area contributed by atoms with Gasteiger partial charge in [0.25, 0.3) is 0 Å². The molecular formula is C17H25NO6S. The fourth-order valence-electron chi connectivity index (χ4n) is 2.06. The largest absolute Gasteiger partial charge is 0.464 e. The Labute approximate surface area is 151 Å². The van der Waals surface area contributed by atoms with Crippen molar-refractivity contribution in [2.24, 2.45) is 0 Å². The van der Waals surface area contributed by atoms with Crippen molar-refractivity contribution in [2.45, 2.75) is 52.2 Å². The third kappa shape index (κ3) is 6.04. The van der Waals surface area contributed by atoms with Crippen LogP contribution in [-0.4, -0.2) is 42.4 Å². The zero-order valence-corrected chi connectivity index (χ0v) is 16.0. The van der Waals surface area contributed by atoms with Crippen LogP contribution >= 0.6 is 11.3 Å². The quantitative estimate of drug-likeness (QED) is 0.450. The van der Waals surface area contributed by atoms with Crippen LogP contribution in [0.1, 0.15) is 40.2 Å². The van der Waals surface area contributed by atoms with Gasteiger partial charge >= 0.3 is 18.0 Å². The van der Waals surface area contributed by atoms with Crippen molar-refractivity contribution in [1.82, 2.24) is 5.32 Å². The number of alkyl carbamates (subject to hydrolysis) is 1. The van der Waals surface area contributed by atoms with Gasteiger partial charge in [-0.15, -0.1) is 0 Å². The van der Waals surface area contributed by atoms with E-state index in [1.807, 2.05) is 5.38 Å². The molecule has 0 unspecified atom stereocenters. The van der Waals surface area contributed by atoms with Crippen molar-refractivity contribution < 1.29 is 28.6 Å². The van der Waals surface area contributed by atoms with Gasteiger partial charge in [-0.05, 0) is 57.0 Å². The topological polar surface area (TPSA) is 90.9 Å². The zero-order valence-electron chi connectivity index (χ0n) is 15.2. The summed E-state index contributed by atoms with van der Waals surface area (Å²) < 4.78 is 15.3. The maximum Gasteiger partial charge on any atom is 0.409 e.